The molecule has 0 aromatic carbocycles. The lowest BCUT2D eigenvalue weighted by atomic mass is 10.1. The van der Waals surface area contributed by atoms with E-state index in [4.69, 9.17) is 10.9 Å². The molecule has 0 aliphatic rings. The molecule has 0 saturated heterocycles. The molecule has 0 atom stereocenters. The molecule has 0 fully saturated rings. The number of nitrogens with zero attached hydrogens (tertiary/aromatic N) is 3. The van der Waals surface area contributed by atoms with Crippen LogP contribution in [-0.4, -0.2) is 32.7 Å². The number of aliphatic hydroxyl groups is 1. The Kier molecular flexibility index (Phi) is 3.34. The van der Waals surface area contributed by atoms with E-state index in [0.29, 0.717) is 5.52 Å². The van der Waals surface area contributed by atoms with Crippen LogP contribution >= 0.6 is 0 Å². The molecule has 2 rings (SSSR count). The average molecular weight is 269 g/mol. The van der Waals surface area contributed by atoms with Gasteiger partial charge in [-0.1, -0.05) is 0 Å². The third-order valence-electron chi connectivity index (χ3n) is 2.54. The van der Waals surface area contributed by atoms with Crippen molar-refractivity contribution in [2.24, 2.45) is 10.7 Å². The van der Waals surface area contributed by atoms with Crippen molar-refractivity contribution in [3.8, 4) is 0 Å². The number of aromatic nitrogens is 2. The molecule has 0 aliphatic carbocycles. The largest absolute Gasteiger partial charge is 0.504 e. The van der Waals surface area contributed by atoms with Crippen molar-refractivity contribution in [2.45, 2.75) is 0 Å². The first-order valence-electron chi connectivity index (χ1n) is 5.28. The molecule has 0 radical (unpaired) electrons. The van der Waals surface area contributed by atoms with Crippen molar-refractivity contribution >= 4 is 17.0 Å². The minimum Gasteiger partial charge on any atom is -0.504 e. The Morgan fingerprint density at radius 1 is 1.63 bits per heavy atom. The van der Waals surface area contributed by atoms with Crippen molar-refractivity contribution in [2.75, 3.05) is 12.5 Å². The van der Waals surface area contributed by atoms with Crippen molar-refractivity contribution in [1.29, 1.82) is 0 Å². The van der Waals surface area contributed by atoms with Gasteiger partial charge in [0.25, 0.3) is 0 Å². The van der Waals surface area contributed by atoms with E-state index >= 15 is 0 Å². The van der Waals surface area contributed by atoms with Gasteiger partial charge in [0.1, 0.15) is 5.71 Å². The summed E-state index contributed by atoms with van der Waals surface area (Å²) in [4.78, 5) is 3.81. The lowest BCUT2D eigenvalue weighted by Crippen LogP contribution is -2.10. The van der Waals surface area contributed by atoms with Gasteiger partial charge in [0.2, 0.25) is 0 Å². The minimum atomic E-state index is -0.630. The predicted molar refractivity (Wildman–Crippen MR) is 72.1 cm³/mol. The number of hydrogen-bond donors (Lipinski definition) is 4. The molecule has 0 unspecified atom stereocenters. The molecule has 5 N–H and O–H groups in total. The Labute approximate surface area is 110 Å². The quantitative estimate of drug-likeness (QED) is 0.384. The molecule has 2 aromatic heterocycles. The summed E-state index contributed by atoms with van der Waals surface area (Å²) in [5.41, 5.74) is 7.69. The molecule has 7 nitrogen and oxygen atoms in total. The SMILES string of the molecule is CN=C(/C(O)=C\N)c1cc2cc(NO)nn2cc1F.[HH].[HH]. The van der Waals surface area contributed by atoms with Crippen molar-refractivity contribution in [3.05, 3.63) is 41.7 Å². The van der Waals surface area contributed by atoms with Crippen LogP contribution in [0, 0.1) is 5.82 Å². The molecular formula is C11H16FN5O2. The number of anilines is 1. The molecule has 0 amide bonds. The van der Waals surface area contributed by atoms with Gasteiger partial charge >= 0.3 is 0 Å². The first-order chi connectivity index (χ1) is 9.10. The summed E-state index contributed by atoms with van der Waals surface area (Å²) < 4.78 is 15.2. The number of allylic oxidation sites excluding steroid dienone is 1. The molecule has 8 heteroatoms. The third-order valence-corrected chi connectivity index (χ3v) is 2.54. The van der Waals surface area contributed by atoms with Crippen LogP contribution in [0.4, 0.5) is 10.2 Å². The van der Waals surface area contributed by atoms with Crippen LogP contribution in [0.2, 0.25) is 0 Å². The van der Waals surface area contributed by atoms with E-state index in [1.165, 1.54) is 23.7 Å². The lowest BCUT2D eigenvalue weighted by Gasteiger charge is -2.06. The third kappa shape index (κ3) is 2.20. The van der Waals surface area contributed by atoms with Crippen LogP contribution in [0.15, 0.2) is 35.3 Å². The van der Waals surface area contributed by atoms with Gasteiger partial charge < -0.3 is 10.8 Å². The maximum absolute atomic E-state index is 14.0. The van der Waals surface area contributed by atoms with E-state index in [9.17, 15) is 9.50 Å². The normalized spacial score (nSPS) is 13.0. The Morgan fingerprint density at radius 3 is 2.95 bits per heavy atom. The molecule has 0 bridgehead atoms. The van der Waals surface area contributed by atoms with Gasteiger partial charge in [-0.15, -0.1) is 5.10 Å². The highest BCUT2D eigenvalue weighted by Crippen LogP contribution is 2.18. The maximum atomic E-state index is 14.0. The predicted octanol–water partition coefficient (Wildman–Crippen LogP) is 1.54. The van der Waals surface area contributed by atoms with Crippen LogP contribution in [0.3, 0.4) is 0 Å². The highest BCUT2D eigenvalue weighted by atomic mass is 19.1. The number of halogens is 1. The van der Waals surface area contributed by atoms with Crippen LogP contribution in [0.25, 0.3) is 5.52 Å². The molecule has 19 heavy (non-hydrogen) atoms. The fourth-order valence-electron chi connectivity index (χ4n) is 1.70. The number of nitrogens with two attached hydrogens (primary N) is 1. The second-order valence-electron chi connectivity index (χ2n) is 3.67. The second-order valence-corrected chi connectivity index (χ2v) is 3.67. The van der Waals surface area contributed by atoms with Crippen LogP contribution in [-0.2, 0) is 0 Å². The topological polar surface area (TPSA) is 108 Å². The maximum Gasteiger partial charge on any atom is 0.172 e. The summed E-state index contributed by atoms with van der Waals surface area (Å²) in [6.45, 7) is 0. The van der Waals surface area contributed by atoms with E-state index in [-0.39, 0.29) is 25.7 Å². The fraction of sp³-hybridized carbons (Fsp3) is 0.0909. The van der Waals surface area contributed by atoms with Gasteiger partial charge in [0.15, 0.2) is 17.4 Å². The molecule has 2 aromatic rings. The molecule has 0 spiro atoms. The average Bonchev–Trinajstić information content (AvgIpc) is 2.81. The van der Waals surface area contributed by atoms with Crippen molar-refractivity contribution < 1.29 is 17.6 Å². The minimum absolute atomic E-state index is 0. The standard InChI is InChI=1S/C11H12FN5O2.2H2/c1-14-11(9(18)4-13)7-2-6-3-10(16-19)15-17(6)5-8(7)12;;/h2-5,18-19H,13H2,1H3,(H,15,16);2*1H/b9-4+,14-11?;;. The number of aliphatic imine (C=N–C) groups is 1. The summed E-state index contributed by atoms with van der Waals surface area (Å²) in [5, 5.41) is 22.2. The molecule has 2 heterocycles. The summed E-state index contributed by atoms with van der Waals surface area (Å²) >= 11 is 0. The lowest BCUT2D eigenvalue weighted by molar-refractivity contribution is 0.385. The van der Waals surface area contributed by atoms with Crippen LogP contribution in [0.1, 0.15) is 8.42 Å². The van der Waals surface area contributed by atoms with Gasteiger partial charge in [-0.3, -0.25) is 15.7 Å². The van der Waals surface area contributed by atoms with E-state index in [2.05, 4.69) is 10.1 Å². The highest BCUT2D eigenvalue weighted by Gasteiger charge is 2.15. The first-order valence-corrected chi connectivity index (χ1v) is 5.28. The van der Waals surface area contributed by atoms with Gasteiger partial charge in [-0.25, -0.2) is 8.91 Å². The van der Waals surface area contributed by atoms with Crippen LogP contribution in [0.5, 0.6) is 0 Å². The fourth-order valence-corrected chi connectivity index (χ4v) is 1.70. The highest BCUT2D eigenvalue weighted by molar-refractivity contribution is 6.11. The van der Waals surface area contributed by atoms with Crippen molar-refractivity contribution in [1.82, 2.24) is 9.61 Å². The van der Waals surface area contributed by atoms with Crippen LogP contribution < -0.4 is 11.2 Å². The van der Waals surface area contributed by atoms with Gasteiger partial charge in [0.05, 0.1) is 11.7 Å². The monoisotopic (exact) mass is 269 g/mol. The Morgan fingerprint density at radius 2 is 2.37 bits per heavy atom. The summed E-state index contributed by atoms with van der Waals surface area (Å²) in [6, 6.07) is 2.94. The summed E-state index contributed by atoms with van der Waals surface area (Å²) in [7, 11) is 1.41. The van der Waals surface area contributed by atoms with Gasteiger partial charge in [-0.2, -0.15) is 0 Å². The number of rotatable bonds is 3. The first kappa shape index (κ1) is 12.8. The van der Waals surface area contributed by atoms with Gasteiger partial charge in [0, 0.05) is 27.7 Å². The number of nitrogens with one attached hydrogen (secondary N) is 1. The van der Waals surface area contributed by atoms with E-state index < -0.39 is 5.82 Å². The second kappa shape index (κ2) is 4.94. The number of pyridine rings is 1. The zero-order valence-corrected chi connectivity index (χ0v) is 10.0. The summed E-state index contributed by atoms with van der Waals surface area (Å²) in [5.74, 6) is -0.787. The number of hydrogen-bond acceptors (Lipinski definition) is 6. The Balaban J connectivity index is 0.00000200. The van der Waals surface area contributed by atoms with E-state index in [1.807, 2.05) is 5.48 Å². The molecule has 0 saturated carbocycles. The zero-order valence-electron chi connectivity index (χ0n) is 10.0. The Hall–Kier alpha value is -2.61. The van der Waals surface area contributed by atoms with E-state index in [1.54, 1.807) is 0 Å². The van der Waals surface area contributed by atoms with Gasteiger partial charge in [-0.05, 0) is 6.07 Å². The number of fused-ring (bicyclic) bond motifs is 1. The molecule has 104 valence electrons. The van der Waals surface area contributed by atoms with E-state index in [0.717, 1.165) is 12.4 Å². The molecule has 0 aliphatic heterocycles. The zero-order chi connectivity index (χ0) is 14.0. The van der Waals surface area contributed by atoms with Crippen molar-refractivity contribution in [3.63, 3.8) is 0 Å². The number of aliphatic hydroxyl groups excluding tert-OH is 1. The Bertz CT molecular complexity index is 687. The smallest absolute Gasteiger partial charge is 0.172 e. The molecular weight excluding hydrogens is 253 g/mol. The summed E-state index contributed by atoms with van der Waals surface area (Å²) in [6.07, 6.45) is 2.05.